The van der Waals surface area contributed by atoms with Gasteiger partial charge in [-0.05, 0) is 26.2 Å². The molecule has 0 radical (unpaired) electrons. The molecule has 1 atom stereocenters. The number of carbonyl (C=O) groups is 2. The zero-order valence-corrected chi connectivity index (χ0v) is 11.2. The lowest BCUT2D eigenvalue weighted by Gasteiger charge is -2.23. The highest BCUT2D eigenvalue weighted by Crippen LogP contribution is 2.31. The van der Waals surface area contributed by atoms with Crippen LogP contribution in [-0.4, -0.2) is 34.2 Å². The third-order valence-electron chi connectivity index (χ3n) is 2.96. The molecule has 0 amide bonds. The SMILES string of the molecule is CC1(C(=O)O)C=CC=C(C(=O)O)C1.NC(N)=NC1CC1. The maximum Gasteiger partial charge on any atom is 0.331 e. The molecule has 7 nitrogen and oxygen atoms in total. The standard InChI is InChI=1S/C9H10O4.C4H9N3/c1-9(8(12)13)4-2-3-6(5-9)7(10)11;5-4(6)7-3-1-2-3/h2-4H,5H2,1H3,(H,10,11)(H,12,13);3H,1-2H2,(H4,5,6,7). The molecule has 1 unspecified atom stereocenters. The molecule has 110 valence electrons. The van der Waals surface area contributed by atoms with Crippen molar-refractivity contribution in [2.45, 2.75) is 32.2 Å². The number of carboxylic acid groups (broad SMARTS) is 2. The Labute approximate surface area is 116 Å². The first kappa shape index (κ1) is 15.7. The second-order valence-electron chi connectivity index (χ2n) is 5.04. The second kappa shape index (κ2) is 6.23. The Hall–Kier alpha value is -2.31. The predicted octanol–water partition coefficient (Wildman–Crippen LogP) is 0.470. The van der Waals surface area contributed by atoms with E-state index in [1.54, 1.807) is 0 Å². The van der Waals surface area contributed by atoms with Crippen molar-refractivity contribution in [1.29, 1.82) is 0 Å². The van der Waals surface area contributed by atoms with Crippen LogP contribution in [0, 0.1) is 5.41 Å². The fourth-order valence-corrected chi connectivity index (χ4v) is 1.60. The maximum absolute atomic E-state index is 10.8. The van der Waals surface area contributed by atoms with E-state index >= 15 is 0 Å². The van der Waals surface area contributed by atoms with Crippen LogP contribution in [-0.2, 0) is 9.59 Å². The van der Waals surface area contributed by atoms with Gasteiger partial charge in [-0.3, -0.25) is 9.79 Å². The molecule has 0 heterocycles. The first-order valence-electron chi connectivity index (χ1n) is 6.18. The van der Waals surface area contributed by atoms with Crippen molar-refractivity contribution in [1.82, 2.24) is 0 Å². The predicted molar refractivity (Wildman–Crippen MR) is 74.1 cm³/mol. The van der Waals surface area contributed by atoms with Crippen LogP contribution in [0.1, 0.15) is 26.2 Å². The second-order valence-corrected chi connectivity index (χ2v) is 5.04. The van der Waals surface area contributed by atoms with E-state index in [-0.39, 0.29) is 18.0 Å². The van der Waals surface area contributed by atoms with Gasteiger partial charge in [0, 0.05) is 5.57 Å². The Bertz CT molecular complexity index is 488. The number of aliphatic imine (C=N–C) groups is 1. The fourth-order valence-electron chi connectivity index (χ4n) is 1.60. The molecule has 0 saturated heterocycles. The lowest BCUT2D eigenvalue weighted by atomic mass is 9.80. The van der Waals surface area contributed by atoms with E-state index in [1.165, 1.54) is 25.2 Å². The lowest BCUT2D eigenvalue weighted by Crippen LogP contribution is -2.28. The van der Waals surface area contributed by atoms with Gasteiger partial charge in [0.05, 0.1) is 11.5 Å². The topological polar surface area (TPSA) is 139 Å². The molecule has 0 aromatic heterocycles. The van der Waals surface area contributed by atoms with Crippen LogP contribution in [0.3, 0.4) is 0 Å². The molecule has 2 aliphatic rings. The van der Waals surface area contributed by atoms with Crippen LogP contribution in [0.4, 0.5) is 0 Å². The summed E-state index contributed by atoms with van der Waals surface area (Å²) in [6, 6.07) is 0.463. The number of nitrogens with zero attached hydrogens (tertiary/aromatic N) is 1. The third kappa shape index (κ3) is 4.75. The summed E-state index contributed by atoms with van der Waals surface area (Å²) in [6.07, 6.45) is 6.76. The van der Waals surface area contributed by atoms with Crippen molar-refractivity contribution in [2.75, 3.05) is 0 Å². The first-order chi connectivity index (χ1) is 9.24. The molecule has 6 N–H and O–H groups in total. The molecule has 20 heavy (non-hydrogen) atoms. The lowest BCUT2D eigenvalue weighted by molar-refractivity contribution is -0.145. The number of guanidine groups is 1. The van der Waals surface area contributed by atoms with E-state index in [2.05, 4.69) is 4.99 Å². The smallest absolute Gasteiger partial charge is 0.331 e. The Balaban J connectivity index is 0.000000240. The van der Waals surface area contributed by atoms with Crippen LogP contribution in [0.2, 0.25) is 0 Å². The van der Waals surface area contributed by atoms with Crippen LogP contribution < -0.4 is 11.5 Å². The van der Waals surface area contributed by atoms with Crippen molar-refractivity contribution in [2.24, 2.45) is 21.9 Å². The summed E-state index contributed by atoms with van der Waals surface area (Å²) in [4.78, 5) is 25.2. The number of hydrogen-bond acceptors (Lipinski definition) is 3. The van der Waals surface area contributed by atoms with Crippen molar-refractivity contribution in [3.8, 4) is 0 Å². The van der Waals surface area contributed by atoms with Gasteiger partial charge < -0.3 is 21.7 Å². The number of carboxylic acids is 2. The molecule has 0 aliphatic heterocycles. The minimum Gasteiger partial charge on any atom is -0.481 e. The van der Waals surface area contributed by atoms with Crippen LogP contribution in [0.5, 0.6) is 0 Å². The Morgan fingerprint density at radius 2 is 1.95 bits per heavy atom. The van der Waals surface area contributed by atoms with Gasteiger partial charge in [0.15, 0.2) is 5.96 Å². The fraction of sp³-hybridized carbons (Fsp3) is 0.462. The molecule has 0 bridgehead atoms. The van der Waals surface area contributed by atoms with Crippen molar-refractivity contribution >= 4 is 17.9 Å². The van der Waals surface area contributed by atoms with Crippen LogP contribution in [0.25, 0.3) is 0 Å². The zero-order chi connectivity index (χ0) is 15.3. The minimum absolute atomic E-state index is 0.0359. The molecule has 0 aromatic carbocycles. The van der Waals surface area contributed by atoms with E-state index in [0.717, 1.165) is 12.8 Å². The normalized spacial score (nSPS) is 23.9. The summed E-state index contributed by atoms with van der Waals surface area (Å²) in [5.74, 6) is -1.84. The number of hydrogen-bond donors (Lipinski definition) is 4. The van der Waals surface area contributed by atoms with Crippen LogP contribution in [0.15, 0.2) is 28.8 Å². The van der Waals surface area contributed by atoms with Gasteiger partial charge in [-0.25, -0.2) is 4.79 Å². The van der Waals surface area contributed by atoms with Gasteiger partial charge in [-0.2, -0.15) is 0 Å². The number of allylic oxidation sites excluding steroid dienone is 2. The number of nitrogens with two attached hydrogens (primary N) is 2. The van der Waals surface area contributed by atoms with E-state index in [4.69, 9.17) is 21.7 Å². The van der Waals surface area contributed by atoms with E-state index in [0.29, 0.717) is 6.04 Å². The average molecular weight is 281 g/mol. The van der Waals surface area contributed by atoms with Gasteiger partial charge in [-0.1, -0.05) is 18.2 Å². The van der Waals surface area contributed by atoms with Crippen molar-refractivity contribution < 1.29 is 19.8 Å². The molecule has 1 fully saturated rings. The van der Waals surface area contributed by atoms with Crippen LogP contribution >= 0.6 is 0 Å². The number of rotatable bonds is 3. The summed E-state index contributed by atoms with van der Waals surface area (Å²) in [6.45, 7) is 1.50. The van der Waals surface area contributed by atoms with Gasteiger partial charge in [0.2, 0.25) is 0 Å². The van der Waals surface area contributed by atoms with E-state index < -0.39 is 17.4 Å². The Kier molecular flexibility index (Phi) is 4.90. The van der Waals surface area contributed by atoms with E-state index in [9.17, 15) is 9.59 Å². The Morgan fingerprint density at radius 3 is 2.30 bits per heavy atom. The summed E-state index contributed by atoms with van der Waals surface area (Å²) in [5.41, 5.74) is 9.17. The molecule has 0 spiro atoms. The highest BCUT2D eigenvalue weighted by molar-refractivity contribution is 5.90. The largest absolute Gasteiger partial charge is 0.481 e. The van der Waals surface area contributed by atoms with Crippen molar-refractivity contribution in [3.05, 3.63) is 23.8 Å². The summed E-state index contributed by atoms with van der Waals surface area (Å²) in [7, 11) is 0. The highest BCUT2D eigenvalue weighted by Gasteiger charge is 2.34. The minimum atomic E-state index is -1.08. The molecular weight excluding hydrogens is 262 g/mol. The third-order valence-corrected chi connectivity index (χ3v) is 2.96. The molecular formula is C13H19N3O4. The zero-order valence-electron chi connectivity index (χ0n) is 11.2. The monoisotopic (exact) mass is 281 g/mol. The quantitative estimate of drug-likeness (QED) is 0.438. The number of aliphatic carboxylic acids is 2. The van der Waals surface area contributed by atoms with Crippen molar-refractivity contribution in [3.63, 3.8) is 0 Å². The summed E-state index contributed by atoms with van der Waals surface area (Å²) in [5, 5.41) is 17.5. The molecule has 7 heteroatoms. The molecule has 0 aromatic rings. The summed E-state index contributed by atoms with van der Waals surface area (Å²) >= 11 is 0. The van der Waals surface area contributed by atoms with Gasteiger partial charge in [0.25, 0.3) is 0 Å². The van der Waals surface area contributed by atoms with Gasteiger partial charge >= 0.3 is 11.9 Å². The van der Waals surface area contributed by atoms with Gasteiger partial charge in [-0.15, -0.1) is 0 Å². The summed E-state index contributed by atoms with van der Waals surface area (Å²) < 4.78 is 0. The Morgan fingerprint density at radius 1 is 1.35 bits per heavy atom. The van der Waals surface area contributed by atoms with Gasteiger partial charge in [0.1, 0.15) is 0 Å². The first-order valence-corrected chi connectivity index (χ1v) is 6.18. The average Bonchev–Trinajstić information content (AvgIpc) is 3.12. The molecule has 2 rings (SSSR count). The molecule has 2 aliphatic carbocycles. The highest BCUT2D eigenvalue weighted by atomic mass is 16.4. The van der Waals surface area contributed by atoms with E-state index in [1.807, 2.05) is 0 Å². The maximum atomic E-state index is 10.8. The molecule has 1 saturated carbocycles.